The molecule has 6 heteroatoms. The second-order valence-corrected chi connectivity index (χ2v) is 3.95. The van der Waals surface area contributed by atoms with Crippen LogP contribution in [0.5, 0.6) is 17.4 Å². The van der Waals surface area contributed by atoms with Crippen LogP contribution >= 0.6 is 0 Å². The monoisotopic (exact) mass is 275 g/mol. The van der Waals surface area contributed by atoms with Crippen molar-refractivity contribution in [2.75, 3.05) is 26.6 Å². The predicted molar refractivity (Wildman–Crippen MR) is 75.5 cm³/mol. The minimum absolute atomic E-state index is 0.369. The summed E-state index contributed by atoms with van der Waals surface area (Å²) < 4.78 is 16.1. The molecule has 6 nitrogen and oxygen atoms in total. The maximum absolute atomic E-state index is 5.68. The molecule has 106 valence electrons. The van der Waals surface area contributed by atoms with E-state index in [1.165, 1.54) is 6.33 Å². The van der Waals surface area contributed by atoms with Crippen LogP contribution in [0.2, 0.25) is 0 Å². The summed E-state index contributed by atoms with van der Waals surface area (Å²) in [6.45, 7) is 0.369. The summed E-state index contributed by atoms with van der Waals surface area (Å²) in [6.07, 6.45) is 1.43. The van der Waals surface area contributed by atoms with Gasteiger partial charge in [-0.2, -0.15) is 4.98 Å². The van der Waals surface area contributed by atoms with E-state index in [1.807, 2.05) is 24.3 Å². The number of nitrogens with one attached hydrogen (secondary N) is 1. The highest BCUT2D eigenvalue weighted by Gasteiger charge is 2.12. The average molecular weight is 275 g/mol. The van der Waals surface area contributed by atoms with Gasteiger partial charge in [0.05, 0.1) is 14.2 Å². The van der Waals surface area contributed by atoms with Crippen LogP contribution < -0.4 is 19.5 Å². The summed E-state index contributed by atoms with van der Waals surface area (Å²) in [5.74, 6) is 2.26. The quantitative estimate of drug-likeness (QED) is 0.871. The molecular weight excluding hydrogens is 258 g/mol. The molecule has 1 N–H and O–H groups in total. The zero-order chi connectivity index (χ0) is 14.4. The van der Waals surface area contributed by atoms with Crippen molar-refractivity contribution in [1.82, 2.24) is 9.97 Å². The zero-order valence-corrected chi connectivity index (χ0v) is 11.7. The normalized spacial score (nSPS) is 9.95. The molecule has 0 unspecified atom stereocenters. The molecule has 0 amide bonds. The van der Waals surface area contributed by atoms with Crippen molar-refractivity contribution in [1.29, 1.82) is 0 Å². The molecule has 0 spiro atoms. The highest BCUT2D eigenvalue weighted by atomic mass is 16.5. The molecule has 0 bridgehead atoms. The summed E-state index contributed by atoms with van der Waals surface area (Å²) in [5, 5.41) is 2.93. The van der Waals surface area contributed by atoms with Gasteiger partial charge in [-0.15, -0.1) is 0 Å². The van der Waals surface area contributed by atoms with E-state index in [-0.39, 0.29) is 0 Å². The van der Waals surface area contributed by atoms with E-state index in [9.17, 15) is 0 Å². The van der Waals surface area contributed by atoms with Gasteiger partial charge in [-0.1, -0.05) is 12.1 Å². The summed E-state index contributed by atoms with van der Waals surface area (Å²) in [7, 11) is 4.95. The van der Waals surface area contributed by atoms with Crippen LogP contribution in [0.4, 0.5) is 5.82 Å². The van der Waals surface area contributed by atoms with Gasteiger partial charge >= 0.3 is 0 Å². The van der Waals surface area contributed by atoms with Crippen LogP contribution in [0, 0.1) is 0 Å². The summed E-state index contributed by atoms with van der Waals surface area (Å²) in [4.78, 5) is 8.15. The molecule has 0 saturated heterocycles. The molecule has 1 heterocycles. The van der Waals surface area contributed by atoms with Gasteiger partial charge in [0.15, 0.2) is 5.82 Å². The Labute approximate surface area is 117 Å². The number of aromatic nitrogens is 2. The summed E-state index contributed by atoms with van der Waals surface area (Å²) in [5.41, 5.74) is 0.982. The number of rotatable bonds is 6. The predicted octanol–water partition coefficient (Wildman–Crippen LogP) is 2.11. The minimum atomic E-state index is 0.369. The third-order valence-corrected chi connectivity index (χ3v) is 2.72. The van der Waals surface area contributed by atoms with E-state index in [4.69, 9.17) is 14.2 Å². The molecule has 0 aliphatic carbocycles. The molecule has 0 fully saturated rings. The number of anilines is 1. The third kappa shape index (κ3) is 3.09. The highest BCUT2D eigenvalue weighted by Crippen LogP contribution is 2.31. The number of methoxy groups -OCH3 is 2. The van der Waals surface area contributed by atoms with Crippen LogP contribution in [0.1, 0.15) is 5.56 Å². The highest BCUT2D eigenvalue weighted by molar-refractivity contribution is 5.54. The van der Waals surface area contributed by atoms with E-state index in [0.29, 0.717) is 24.1 Å². The van der Waals surface area contributed by atoms with Crippen molar-refractivity contribution in [3.05, 3.63) is 36.2 Å². The molecule has 0 saturated carbocycles. The molecule has 0 aliphatic rings. The Morgan fingerprint density at radius 3 is 2.70 bits per heavy atom. The Kier molecular flexibility index (Phi) is 4.60. The zero-order valence-electron chi connectivity index (χ0n) is 11.7. The van der Waals surface area contributed by atoms with E-state index < -0.39 is 0 Å². The first-order valence-electron chi connectivity index (χ1n) is 6.11. The molecule has 2 aromatic rings. The van der Waals surface area contributed by atoms with Gasteiger partial charge < -0.3 is 19.5 Å². The number of ether oxygens (including phenoxy) is 3. The first kappa shape index (κ1) is 13.9. The SMILES string of the molecule is CNc1ncnc(OCc2cccc(OC)c2)c1OC. The average Bonchev–Trinajstić information content (AvgIpc) is 2.52. The van der Waals surface area contributed by atoms with Crippen molar-refractivity contribution in [2.24, 2.45) is 0 Å². The van der Waals surface area contributed by atoms with Gasteiger partial charge in [-0.25, -0.2) is 4.98 Å². The topological polar surface area (TPSA) is 65.5 Å². The first-order valence-corrected chi connectivity index (χ1v) is 6.11. The van der Waals surface area contributed by atoms with Gasteiger partial charge in [-0.3, -0.25) is 0 Å². The number of hydrogen-bond donors (Lipinski definition) is 1. The summed E-state index contributed by atoms with van der Waals surface area (Å²) in [6, 6.07) is 7.66. The molecule has 20 heavy (non-hydrogen) atoms. The van der Waals surface area contributed by atoms with Crippen molar-refractivity contribution in [3.63, 3.8) is 0 Å². The fourth-order valence-corrected chi connectivity index (χ4v) is 1.74. The molecule has 1 aromatic heterocycles. The first-order chi connectivity index (χ1) is 9.78. The number of benzene rings is 1. The second kappa shape index (κ2) is 6.60. The molecule has 1 aromatic carbocycles. The molecular formula is C14H17N3O3. The Bertz CT molecular complexity index is 575. The summed E-state index contributed by atoms with van der Waals surface area (Å²) >= 11 is 0. The Morgan fingerprint density at radius 2 is 2.00 bits per heavy atom. The van der Waals surface area contributed by atoms with E-state index in [0.717, 1.165) is 11.3 Å². The van der Waals surface area contributed by atoms with Crippen LogP contribution in [-0.2, 0) is 6.61 Å². The van der Waals surface area contributed by atoms with E-state index in [2.05, 4.69) is 15.3 Å². The van der Waals surface area contributed by atoms with E-state index >= 15 is 0 Å². The second-order valence-electron chi connectivity index (χ2n) is 3.95. The van der Waals surface area contributed by atoms with Gasteiger partial charge in [-0.05, 0) is 17.7 Å². The fraction of sp³-hybridized carbons (Fsp3) is 0.286. The lowest BCUT2D eigenvalue weighted by atomic mass is 10.2. The standard InChI is InChI=1S/C14H17N3O3/c1-15-13-12(19-3)14(17-9-16-13)20-8-10-5-4-6-11(7-10)18-2/h4-7,9H,8H2,1-3H3,(H,15,16,17). The van der Waals surface area contributed by atoms with E-state index in [1.54, 1.807) is 21.3 Å². The van der Waals surface area contributed by atoms with Crippen molar-refractivity contribution in [2.45, 2.75) is 6.61 Å². The largest absolute Gasteiger partial charge is 0.497 e. The Morgan fingerprint density at radius 1 is 1.15 bits per heavy atom. The van der Waals surface area contributed by atoms with Crippen molar-refractivity contribution in [3.8, 4) is 17.4 Å². The maximum Gasteiger partial charge on any atom is 0.262 e. The molecule has 0 radical (unpaired) electrons. The van der Waals surface area contributed by atoms with Gasteiger partial charge in [0.25, 0.3) is 5.88 Å². The van der Waals surface area contributed by atoms with Gasteiger partial charge in [0.2, 0.25) is 5.75 Å². The third-order valence-electron chi connectivity index (χ3n) is 2.72. The van der Waals surface area contributed by atoms with Gasteiger partial charge in [0, 0.05) is 7.05 Å². The maximum atomic E-state index is 5.68. The van der Waals surface area contributed by atoms with Crippen LogP contribution in [0.25, 0.3) is 0 Å². The lowest BCUT2D eigenvalue weighted by molar-refractivity contribution is 0.271. The van der Waals surface area contributed by atoms with Crippen LogP contribution in [0.15, 0.2) is 30.6 Å². The Hall–Kier alpha value is -2.50. The van der Waals surface area contributed by atoms with Gasteiger partial charge in [0.1, 0.15) is 18.7 Å². The number of hydrogen-bond acceptors (Lipinski definition) is 6. The van der Waals surface area contributed by atoms with Crippen LogP contribution in [0.3, 0.4) is 0 Å². The smallest absolute Gasteiger partial charge is 0.262 e. The molecule has 0 atom stereocenters. The lowest BCUT2D eigenvalue weighted by Crippen LogP contribution is -2.04. The van der Waals surface area contributed by atoms with Crippen molar-refractivity contribution >= 4 is 5.82 Å². The lowest BCUT2D eigenvalue weighted by Gasteiger charge is -2.12. The molecule has 2 rings (SSSR count). The van der Waals surface area contributed by atoms with Crippen LogP contribution in [-0.4, -0.2) is 31.2 Å². The number of nitrogens with zero attached hydrogens (tertiary/aromatic N) is 2. The molecule has 0 aliphatic heterocycles. The Balaban J connectivity index is 2.14. The minimum Gasteiger partial charge on any atom is -0.497 e. The fourth-order valence-electron chi connectivity index (χ4n) is 1.74. The van der Waals surface area contributed by atoms with Crippen molar-refractivity contribution < 1.29 is 14.2 Å².